The van der Waals surface area contributed by atoms with Crippen LogP contribution in [0.2, 0.25) is 0 Å². The topological polar surface area (TPSA) is 33.5 Å². The van der Waals surface area contributed by atoms with Gasteiger partial charge in [0.25, 0.3) is 0 Å². The van der Waals surface area contributed by atoms with Crippen molar-refractivity contribution in [1.29, 1.82) is 0 Å². The molecule has 0 aliphatic carbocycles. The van der Waals surface area contributed by atoms with Crippen LogP contribution in [0.1, 0.15) is 134 Å². The number of ether oxygens (including phenoxy) is 1. The molecule has 0 radical (unpaired) electrons. The Bertz CT molecular complexity index is 3450. The van der Waals surface area contributed by atoms with Gasteiger partial charge in [-0.2, -0.15) is 0 Å². The van der Waals surface area contributed by atoms with Crippen molar-refractivity contribution in [2.75, 3.05) is 16.5 Å². The zero-order valence-electron chi connectivity index (χ0n) is 44.4. The fourth-order valence-electron chi connectivity index (χ4n) is 10.7. The molecule has 5 nitrogen and oxygen atoms in total. The molecule has 5 heteroatoms. The Kier molecular flexibility index (Phi) is 12.5. The van der Waals surface area contributed by atoms with E-state index in [1.807, 2.05) is 6.20 Å². The largest absolute Gasteiger partial charge is 0.457 e. The van der Waals surface area contributed by atoms with Crippen LogP contribution in [0.25, 0.3) is 44.4 Å². The number of rotatable bonds is 11. The van der Waals surface area contributed by atoms with Gasteiger partial charge >= 0.3 is 0 Å². The van der Waals surface area contributed by atoms with Crippen LogP contribution < -0.4 is 14.5 Å². The Morgan fingerprint density at radius 2 is 1.12 bits per heavy atom. The zero-order chi connectivity index (χ0) is 50.7. The van der Waals surface area contributed by atoms with E-state index in [0.29, 0.717) is 18.5 Å². The van der Waals surface area contributed by atoms with Crippen LogP contribution in [0.3, 0.4) is 0 Å². The third-order valence-corrected chi connectivity index (χ3v) is 14.8. The zero-order valence-corrected chi connectivity index (χ0v) is 44.4. The van der Waals surface area contributed by atoms with Crippen molar-refractivity contribution >= 4 is 38.9 Å². The highest BCUT2D eigenvalue weighted by Crippen LogP contribution is 2.47. The van der Waals surface area contributed by atoms with Crippen molar-refractivity contribution in [2.45, 2.75) is 111 Å². The molecule has 3 heterocycles. The van der Waals surface area contributed by atoms with Crippen molar-refractivity contribution in [3.8, 4) is 28.4 Å². The summed E-state index contributed by atoms with van der Waals surface area (Å²) in [7, 11) is 0. The summed E-state index contributed by atoms with van der Waals surface area (Å²) in [6.45, 7) is 28.2. The number of para-hydroxylation sites is 1. The van der Waals surface area contributed by atoms with Gasteiger partial charge in [-0.3, -0.25) is 4.57 Å². The number of fused-ring (bicyclic) bond motifs is 3. The van der Waals surface area contributed by atoms with Crippen molar-refractivity contribution in [3.05, 3.63) is 221 Å². The van der Waals surface area contributed by atoms with Gasteiger partial charge in [0.2, 0.25) is 0 Å². The maximum Gasteiger partial charge on any atom is 0.137 e. The summed E-state index contributed by atoms with van der Waals surface area (Å²) in [6.07, 6.45) is 4.28. The molecule has 1 aliphatic heterocycles. The minimum absolute atomic E-state index is 0.00503. The summed E-state index contributed by atoms with van der Waals surface area (Å²) in [5.41, 5.74) is 16.3. The van der Waals surface area contributed by atoms with E-state index in [0.717, 1.165) is 45.3 Å². The van der Waals surface area contributed by atoms with Crippen molar-refractivity contribution in [2.24, 2.45) is 0 Å². The average Bonchev–Trinajstić information content (AvgIpc) is 3.96. The summed E-state index contributed by atoms with van der Waals surface area (Å²) in [5, 5.41) is 2.38. The summed E-state index contributed by atoms with van der Waals surface area (Å²) in [5.74, 6) is 3.05. The minimum Gasteiger partial charge on any atom is -0.457 e. The van der Waals surface area contributed by atoms with Crippen LogP contribution in [-0.4, -0.2) is 16.2 Å². The number of pyridine rings is 1. The SMILES string of the molecule is CC(C)c1cccc(C(C)C)c1-c1cc(Oc2cc(C(C)(C)c3ccccc3)c3c4ccccc4n(-c4cc(C(C)(C)C)ccn4)c3c2)cc(N2C=C(c3ccccc3)N(c3cccc(C(C)(C)C)c3)C2)c1. The third kappa shape index (κ3) is 9.11. The minimum atomic E-state index is -0.397. The standard InChI is InChI=1S/C67H70N4O/c1-44(2)55-30-22-31-56(45(3)4)63(55)47-35-52(69-42-61(46-23-15-13-16-24-46)70(43-69)51-28-21-27-49(37-51)65(5,6)7)39-53(36-47)72-54-40-58(67(11,12)48-25-17-14-18-26-48)64-57-29-19-20-32-59(57)71(60(64)41-54)62-38-50(33-34-68-62)66(8,9)10/h13-42,44-45H,43H2,1-12H3. The van der Waals surface area contributed by atoms with Gasteiger partial charge in [-0.15, -0.1) is 0 Å². The van der Waals surface area contributed by atoms with Crippen LogP contribution in [0.5, 0.6) is 11.5 Å². The lowest BCUT2D eigenvalue weighted by Gasteiger charge is -2.28. The van der Waals surface area contributed by atoms with Crippen molar-refractivity contribution in [1.82, 2.24) is 9.55 Å². The molecule has 10 rings (SSSR count). The highest BCUT2D eigenvalue weighted by atomic mass is 16.5. The monoisotopic (exact) mass is 947 g/mol. The van der Waals surface area contributed by atoms with Gasteiger partial charge in [0, 0.05) is 52.1 Å². The van der Waals surface area contributed by atoms with Gasteiger partial charge in [0.1, 0.15) is 17.3 Å². The van der Waals surface area contributed by atoms with E-state index >= 15 is 0 Å². The van der Waals surface area contributed by atoms with Crippen LogP contribution in [-0.2, 0) is 16.2 Å². The first-order valence-electron chi connectivity index (χ1n) is 25.8. The molecule has 0 spiro atoms. The Morgan fingerprint density at radius 1 is 0.514 bits per heavy atom. The van der Waals surface area contributed by atoms with E-state index in [4.69, 9.17) is 9.72 Å². The first-order valence-corrected chi connectivity index (χ1v) is 25.8. The molecular weight excluding hydrogens is 877 g/mol. The van der Waals surface area contributed by atoms with E-state index in [1.165, 1.54) is 61.0 Å². The van der Waals surface area contributed by atoms with Crippen molar-refractivity contribution < 1.29 is 4.74 Å². The fourth-order valence-corrected chi connectivity index (χ4v) is 10.7. The summed E-state index contributed by atoms with van der Waals surface area (Å²) >= 11 is 0. The second-order valence-corrected chi connectivity index (χ2v) is 23.0. The molecule has 0 fully saturated rings. The van der Waals surface area contributed by atoms with Gasteiger partial charge in [0.15, 0.2) is 0 Å². The summed E-state index contributed by atoms with van der Waals surface area (Å²) in [4.78, 5) is 9.93. The Balaban J connectivity index is 1.21. The van der Waals surface area contributed by atoms with Gasteiger partial charge in [-0.1, -0.05) is 192 Å². The molecule has 2 aromatic heterocycles. The lowest BCUT2D eigenvalue weighted by atomic mass is 9.76. The molecule has 0 N–H and O–H groups in total. The lowest BCUT2D eigenvalue weighted by Crippen LogP contribution is -2.26. The van der Waals surface area contributed by atoms with Crippen molar-refractivity contribution in [3.63, 3.8) is 0 Å². The molecule has 0 saturated heterocycles. The Labute approximate surface area is 428 Å². The number of aromatic nitrogens is 2. The lowest BCUT2D eigenvalue weighted by molar-refractivity contribution is 0.481. The van der Waals surface area contributed by atoms with E-state index in [2.05, 4.69) is 274 Å². The van der Waals surface area contributed by atoms with E-state index in [-0.39, 0.29) is 10.8 Å². The van der Waals surface area contributed by atoms with Gasteiger partial charge in [-0.25, -0.2) is 4.98 Å². The molecule has 72 heavy (non-hydrogen) atoms. The highest BCUT2D eigenvalue weighted by molar-refractivity contribution is 6.12. The number of benzene rings is 7. The first-order chi connectivity index (χ1) is 34.4. The maximum atomic E-state index is 7.47. The maximum absolute atomic E-state index is 7.47. The fraction of sp³-hybridized carbons (Fsp3) is 0.269. The van der Waals surface area contributed by atoms with E-state index < -0.39 is 5.41 Å². The van der Waals surface area contributed by atoms with Crippen LogP contribution in [0.15, 0.2) is 182 Å². The first kappa shape index (κ1) is 48.3. The predicted molar refractivity (Wildman–Crippen MR) is 305 cm³/mol. The number of nitrogens with zero attached hydrogens (tertiary/aromatic N) is 4. The number of hydrogen-bond acceptors (Lipinski definition) is 4. The quantitative estimate of drug-likeness (QED) is 0.129. The molecular formula is C67H70N4O. The summed E-state index contributed by atoms with van der Waals surface area (Å²) < 4.78 is 9.81. The summed E-state index contributed by atoms with van der Waals surface area (Å²) in [6, 6.07) is 62.2. The van der Waals surface area contributed by atoms with E-state index in [1.54, 1.807) is 0 Å². The smallest absolute Gasteiger partial charge is 0.137 e. The molecule has 0 unspecified atom stereocenters. The highest BCUT2D eigenvalue weighted by Gasteiger charge is 2.31. The van der Waals surface area contributed by atoms with Crippen LogP contribution in [0, 0.1) is 0 Å². The van der Waals surface area contributed by atoms with E-state index in [9.17, 15) is 0 Å². The Morgan fingerprint density at radius 3 is 1.81 bits per heavy atom. The Hall–Kier alpha value is -7.37. The van der Waals surface area contributed by atoms with Crippen LogP contribution in [0.4, 0.5) is 11.4 Å². The van der Waals surface area contributed by atoms with Gasteiger partial charge < -0.3 is 14.5 Å². The molecule has 1 aliphatic rings. The molecule has 0 saturated carbocycles. The second-order valence-electron chi connectivity index (χ2n) is 23.0. The van der Waals surface area contributed by atoms with Gasteiger partial charge in [0.05, 0.1) is 23.4 Å². The normalized spacial score (nSPS) is 13.5. The molecule has 0 amide bonds. The third-order valence-electron chi connectivity index (χ3n) is 14.8. The molecule has 9 aromatic rings. The second kappa shape index (κ2) is 18.7. The van der Waals surface area contributed by atoms with Crippen LogP contribution >= 0.6 is 0 Å². The van der Waals surface area contributed by atoms with Gasteiger partial charge in [-0.05, 0) is 121 Å². The molecule has 7 aromatic carbocycles. The number of anilines is 2. The predicted octanol–water partition coefficient (Wildman–Crippen LogP) is 18.1. The average molecular weight is 947 g/mol. The molecule has 0 atom stereocenters. The number of hydrogen-bond donors (Lipinski definition) is 0. The molecule has 364 valence electrons. The molecule has 0 bridgehead atoms.